The van der Waals surface area contributed by atoms with Crippen molar-refractivity contribution in [3.05, 3.63) is 51.0 Å². The average Bonchev–Trinajstić information content (AvgIpc) is 3.05. The molecule has 8 heteroatoms. The summed E-state index contributed by atoms with van der Waals surface area (Å²) in [5.74, 6) is 2.61. The lowest BCUT2D eigenvalue weighted by Gasteiger charge is -2.17. The van der Waals surface area contributed by atoms with E-state index in [4.69, 9.17) is 4.74 Å². The zero-order valence-electron chi connectivity index (χ0n) is 17.8. The van der Waals surface area contributed by atoms with Gasteiger partial charge in [0.05, 0.1) is 18.3 Å². The number of hydrogen-bond acceptors (Lipinski definition) is 5. The minimum atomic E-state index is -0.302. The predicted octanol–water partition coefficient (Wildman–Crippen LogP) is 4.06. The molecule has 0 saturated heterocycles. The first-order chi connectivity index (χ1) is 14.0. The summed E-state index contributed by atoms with van der Waals surface area (Å²) in [5, 5.41) is 7.73. The van der Waals surface area contributed by atoms with Gasteiger partial charge in [-0.1, -0.05) is 24.3 Å². The second-order valence-electron chi connectivity index (χ2n) is 7.76. The maximum Gasteiger partial charge on any atom is 0.350 e. The van der Waals surface area contributed by atoms with Crippen molar-refractivity contribution in [1.82, 2.24) is 15.6 Å². The molecule has 4 unspecified atom stereocenters. The summed E-state index contributed by atoms with van der Waals surface area (Å²) in [6.45, 7) is 6.96. The van der Waals surface area contributed by atoms with Crippen LogP contribution in [0.3, 0.4) is 0 Å². The van der Waals surface area contributed by atoms with Crippen LogP contribution in [0.5, 0.6) is 0 Å². The number of aliphatic imine (C=N–C) groups is 1. The Labute approximate surface area is 198 Å². The maximum atomic E-state index is 12.0. The lowest BCUT2D eigenvalue weighted by molar-refractivity contribution is 0.0531. The molecule has 0 aliphatic heterocycles. The number of aromatic nitrogens is 1. The van der Waals surface area contributed by atoms with E-state index in [0.717, 1.165) is 23.4 Å². The molecule has 162 valence electrons. The molecular formula is C22H29IN4O2S. The van der Waals surface area contributed by atoms with Crippen molar-refractivity contribution in [2.75, 3.05) is 20.2 Å². The standard InChI is InChI=1S/C22H28N4O2S.HI/c1-5-28-21(27)19-12(2)25-20(29-19)13(3)26-22(23-4)24-11-17-16-10-14-8-6-7-9-15(14)18(16)17;/h6-9,13,16-18H,5,10-11H2,1-4H3,(H2,23,24,26);1H. The summed E-state index contributed by atoms with van der Waals surface area (Å²) in [7, 11) is 1.78. The second-order valence-corrected chi connectivity index (χ2v) is 8.79. The number of halogens is 1. The summed E-state index contributed by atoms with van der Waals surface area (Å²) in [4.78, 5) is 21.5. The molecular weight excluding hydrogens is 511 g/mol. The third-order valence-corrected chi connectivity index (χ3v) is 7.25. The number of carbonyl (C=O) groups excluding carboxylic acids is 1. The number of nitrogens with zero attached hydrogens (tertiary/aromatic N) is 2. The Bertz CT molecular complexity index is 945. The van der Waals surface area contributed by atoms with Crippen molar-refractivity contribution in [1.29, 1.82) is 0 Å². The van der Waals surface area contributed by atoms with Crippen LogP contribution in [0.15, 0.2) is 29.3 Å². The first-order valence-electron chi connectivity index (χ1n) is 10.2. The number of fused-ring (bicyclic) bond motifs is 3. The molecule has 0 amide bonds. The van der Waals surface area contributed by atoms with Crippen molar-refractivity contribution in [2.24, 2.45) is 16.8 Å². The number of esters is 1. The molecule has 2 aromatic rings. The first kappa shape index (κ1) is 23.0. The Morgan fingerprint density at radius 2 is 2.17 bits per heavy atom. The first-order valence-corrected chi connectivity index (χ1v) is 11.0. The minimum absolute atomic E-state index is 0. The Morgan fingerprint density at radius 3 is 2.90 bits per heavy atom. The van der Waals surface area contributed by atoms with Crippen LogP contribution in [0.25, 0.3) is 0 Å². The van der Waals surface area contributed by atoms with Gasteiger partial charge in [0, 0.05) is 13.6 Å². The topological polar surface area (TPSA) is 75.6 Å². The molecule has 2 aliphatic carbocycles. The van der Waals surface area contributed by atoms with E-state index in [2.05, 4.69) is 44.9 Å². The van der Waals surface area contributed by atoms with Gasteiger partial charge >= 0.3 is 5.97 Å². The number of thiazole rings is 1. The number of aryl methyl sites for hydroxylation is 1. The van der Waals surface area contributed by atoms with Crippen LogP contribution >= 0.6 is 35.3 Å². The minimum Gasteiger partial charge on any atom is -0.462 e. The fraction of sp³-hybridized carbons (Fsp3) is 0.500. The molecule has 1 saturated carbocycles. The van der Waals surface area contributed by atoms with E-state index in [1.54, 1.807) is 7.05 Å². The van der Waals surface area contributed by atoms with E-state index < -0.39 is 0 Å². The third-order valence-electron chi connectivity index (χ3n) is 5.93. The average molecular weight is 540 g/mol. The van der Waals surface area contributed by atoms with Crippen LogP contribution in [0, 0.1) is 18.8 Å². The van der Waals surface area contributed by atoms with Crippen LogP contribution < -0.4 is 10.6 Å². The fourth-order valence-corrected chi connectivity index (χ4v) is 5.39. The van der Waals surface area contributed by atoms with Gasteiger partial charge in [-0.2, -0.15) is 0 Å². The highest BCUT2D eigenvalue weighted by molar-refractivity contribution is 14.0. The summed E-state index contributed by atoms with van der Waals surface area (Å²) in [6, 6.07) is 8.77. The normalized spacial score (nSPS) is 22.4. The van der Waals surface area contributed by atoms with E-state index in [1.165, 1.54) is 28.9 Å². The predicted molar refractivity (Wildman–Crippen MR) is 131 cm³/mol. The SMILES string of the molecule is CCOC(=O)c1sc(C(C)NC(=NC)NCC2C3Cc4ccccc4C23)nc1C.I. The number of guanidine groups is 1. The number of hydrogen-bond donors (Lipinski definition) is 2. The third kappa shape index (κ3) is 4.49. The van der Waals surface area contributed by atoms with E-state index in [9.17, 15) is 4.79 Å². The van der Waals surface area contributed by atoms with Crippen LogP contribution in [-0.2, 0) is 11.2 Å². The van der Waals surface area contributed by atoms with E-state index in [-0.39, 0.29) is 36.0 Å². The van der Waals surface area contributed by atoms with Gasteiger partial charge in [-0.05, 0) is 56.1 Å². The largest absolute Gasteiger partial charge is 0.462 e. The highest BCUT2D eigenvalue weighted by Gasteiger charge is 2.54. The van der Waals surface area contributed by atoms with Gasteiger partial charge in [-0.25, -0.2) is 9.78 Å². The molecule has 0 spiro atoms. The Balaban J connectivity index is 0.00000256. The second kappa shape index (κ2) is 9.64. The zero-order valence-corrected chi connectivity index (χ0v) is 20.9. The Hall–Kier alpha value is -1.68. The smallest absolute Gasteiger partial charge is 0.350 e. The van der Waals surface area contributed by atoms with Gasteiger partial charge in [0.25, 0.3) is 0 Å². The van der Waals surface area contributed by atoms with Crippen LogP contribution in [0.1, 0.15) is 57.3 Å². The monoisotopic (exact) mass is 540 g/mol. The van der Waals surface area contributed by atoms with Crippen LogP contribution in [0.4, 0.5) is 0 Å². The summed E-state index contributed by atoms with van der Waals surface area (Å²) >= 11 is 1.38. The Kier molecular flexibility index (Phi) is 7.38. The van der Waals surface area contributed by atoms with Crippen molar-refractivity contribution in [2.45, 2.75) is 39.2 Å². The summed E-state index contributed by atoms with van der Waals surface area (Å²) in [5.41, 5.74) is 3.77. The lowest BCUT2D eigenvalue weighted by atomic mass is 10.0. The molecule has 0 radical (unpaired) electrons. The molecule has 6 nitrogen and oxygen atoms in total. The highest BCUT2D eigenvalue weighted by Crippen LogP contribution is 2.60. The van der Waals surface area contributed by atoms with Gasteiger partial charge in [-0.15, -0.1) is 35.3 Å². The number of ether oxygens (including phenoxy) is 1. The molecule has 4 rings (SSSR count). The fourth-order valence-electron chi connectivity index (χ4n) is 4.43. The van der Waals surface area contributed by atoms with E-state index in [0.29, 0.717) is 29.0 Å². The van der Waals surface area contributed by atoms with Crippen LogP contribution in [-0.4, -0.2) is 37.1 Å². The van der Waals surface area contributed by atoms with E-state index in [1.807, 2.05) is 20.8 Å². The van der Waals surface area contributed by atoms with Crippen molar-refractivity contribution >= 4 is 47.2 Å². The van der Waals surface area contributed by atoms with Crippen molar-refractivity contribution < 1.29 is 9.53 Å². The van der Waals surface area contributed by atoms with Gasteiger partial charge in [-0.3, -0.25) is 4.99 Å². The molecule has 0 bridgehead atoms. The number of nitrogens with one attached hydrogen (secondary N) is 2. The van der Waals surface area contributed by atoms with Crippen molar-refractivity contribution in [3.8, 4) is 0 Å². The molecule has 30 heavy (non-hydrogen) atoms. The molecule has 1 aromatic carbocycles. The molecule has 4 atom stereocenters. The number of rotatable bonds is 6. The molecule has 1 heterocycles. The van der Waals surface area contributed by atoms with Gasteiger partial charge in [0.2, 0.25) is 0 Å². The molecule has 2 aliphatic rings. The van der Waals surface area contributed by atoms with Gasteiger partial charge in [0.15, 0.2) is 5.96 Å². The molecule has 2 N–H and O–H groups in total. The molecule has 1 aromatic heterocycles. The highest BCUT2D eigenvalue weighted by atomic mass is 127. The number of carbonyl (C=O) groups is 1. The van der Waals surface area contributed by atoms with Gasteiger partial charge < -0.3 is 15.4 Å². The van der Waals surface area contributed by atoms with E-state index >= 15 is 0 Å². The van der Waals surface area contributed by atoms with Gasteiger partial charge in [0.1, 0.15) is 9.88 Å². The lowest BCUT2D eigenvalue weighted by Crippen LogP contribution is -2.40. The van der Waals surface area contributed by atoms with Crippen molar-refractivity contribution in [3.63, 3.8) is 0 Å². The number of benzene rings is 1. The van der Waals surface area contributed by atoms with Crippen LogP contribution in [0.2, 0.25) is 0 Å². The quantitative estimate of drug-likeness (QED) is 0.250. The maximum absolute atomic E-state index is 12.0. The molecule has 1 fully saturated rings. The zero-order chi connectivity index (χ0) is 20.5. The summed E-state index contributed by atoms with van der Waals surface area (Å²) < 4.78 is 5.11. The summed E-state index contributed by atoms with van der Waals surface area (Å²) in [6.07, 6.45) is 1.20. The Morgan fingerprint density at radius 1 is 1.40 bits per heavy atom.